The number of hydrogen-bond acceptors (Lipinski definition) is 3. The number of aryl methyl sites for hydroxylation is 1. The molecule has 0 heterocycles. The molecule has 4 nitrogen and oxygen atoms in total. The third-order valence-corrected chi connectivity index (χ3v) is 6.15. The minimum absolute atomic E-state index is 0.319. The maximum Gasteiger partial charge on any atom is 0.241 e. The fraction of sp³-hybridized carbons (Fsp3) is 0.625. The molecule has 0 aromatic heterocycles. The lowest BCUT2D eigenvalue weighted by atomic mass is 10.0. The van der Waals surface area contributed by atoms with Gasteiger partial charge < -0.3 is 5.73 Å². The molecule has 0 saturated heterocycles. The summed E-state index contributed by atoms with van der Waals surface area (Å²) in [7, 11) is -3.53. The molecule has 21 heavy (non-hydrogen) atoms. The van der Waals surface area contributed by atoms with Crippen LogP contribution in [0.5, 0.6) is 0 Å². The molecule has 2 rings (SSSR count). The van der Waals surface area contributed by atoms with Gasteiger partial charge in [0.2, 0.25) is 10.0 Å². The summed E-state index contributed by atoms with van der Waals surface area (Å²) in [6, 6.07) is 3.66. The van der Waals surface area contributed by atoms with Crippen LogP contribution in [0, 0.1) is 0 Å². The van der Waals surface area contributed by atoms with E-state index in [9.17, 15) is 8.42 Å². The van der Waals surface area contributed by atoms with Gasteiger partial charge in [-0.05, 0) is 55.9 Å². The number of sulfonamides is 1. The number of nitrogen functional groups attached to an aromatic ring is 1. The minimum Gasteiger partial charge on any atom is -0.398 e. The van der Waals surface area contributed by atoms with Gasteiger partial charge in [0.15, 0.2) is 0 Å². The zero-order valence-corrected chi connectivity index (χ0v) is 14.0. The number of benzene rings is 1. The fourth-order valence-electron chi connectivity index (χ4n) is 3.19. The molecule has 1 fully saturated rings. The lowest BCUT2D eigenvalue weighted by molar-refractivity contribution is 0.427. The Kier molecular flexibility index (Phi) is 4.63. The molecular formula is C16H26N2O2S. The van der Waals surface area contributed by atoms with Gasteiger partial charge in [0.05, 0.1) is 4.90 Å². The Morgan fingerprint density at radius 2 is 1.81 bits per heavy atom. The van der Waals surface area contributed by atoms with Crippen LogP contribution in [0.15, 0.2) is 17.0 Å². The van der Waals surface area contributed by atoms with E-state index in [1.807, 2.05) is 26.8 Å². The average molecular weight is 310 g/mol. The van der Waals surface area contributed by atoms with E-state index in [2.05, 4.69) is 4.72 Å². The Labute approximate surface area is 128 Å². The van der Waals surface area contributed by atoms with Crippen LogP contribution in [-0.4, -0.2) is 14.0 Å². The van der Waals surface area contributed by atoms with Crippen molar-refractivity contribution in [3.8, 4) is 0 Å². The molecule has 0 aliphatic heterocycles. The van der Waals surface area contributed by atoms with Crippen LogP contribution in [0.25, 0.3) is 0 Å². The van der Waals surface area contributed by atoms with Gasteiger partial charge in [-0.15, -0.1) is 0 Å². The number of hydrogen-bond donors (Lipinski definition) is 2. The summed E-state index contributed by atoms with van der Waals surface area (Å²) in [6.07, 6.45) is 5.34. The van der Waals surface area contributed by atoms with E-state index in [-0.39, 0.29) is 5.54 Å². The van der Waals surface area contributed by atoms with Crippen molar-refractivity contribution in [3.05, 3.63) is 23.3 Å². The quantitative estimate of drug-likeness (QED) is 0.821. The minimum atomic E-state index is -3.53. The maximum atomic E-state index is 12.8. The summed E-state index contributed by atoms with van der Waals surface area (Å²) in [5.74, 6) is 0. The molecule has 1 aromatic rings. The fourth-order valence-corrected chi connectivity index (χ4v) is 5.04. The lowest BCUT2D eigenvalue weighted by Gasteiger charge is -2.26. The van der Waals surface area contributed by atoms with Crippen molar-refractivity contribution in [2.24, 2.45) is 0 Å². The lowest BCUT2D eigenvalue weighted by Crippen LogP contribution is -2.43. The molecule has 5 heteroatoms. The molecule has 1 aromatic carbocycles. The molecule has 118 valence electrons. The summed E-state index contributed by atoms with van der Waals surface area (Å²) in [6.45, 7) is 5.94. The van der Waals surface area contributed by atoms with E-state index in [0.717, 1.165) is 43.2 Å². The van der Waals surface area contributed by atoms with Gasteiger partial charge in [-0.1, -0.05) is 26.7 Å². The van der Waals surface area contributed by atoms with Gasteiger partial charge in [0.25, 0.3) is 0 Å². The van der Waals surface area contributed by atoms with E-state index < -0.39 is 10.0 Å². The van der Waals surface area contributed by atoms with Crippen LogP contribution < -0.4 is 10.5 Å². The van der Waals surface area contributed by atoms with E-state index in [1.165, 1.54) is 0 Å². The van der Waals surface area contributed by atoms with Crippen LogP contribution in [0.1, 0.15) is 57.6 Å². The second kappa shape index (κ2) is 5.97. The highest BCUT2D eigenvalue weighted by molar-refractivity contribution is 7.89. The second-order valence-electron chi connectivity index (χ2n) is 6.24. The van der Waals surface area contributed by atoms with Gasteiger partial charge in [0.1, 0.15) is 0 Å². The van der Waals surface area contributed by atoms with Gasteiger partial charge in [-0.25, -0.2) is 13.1 Å². The van der Waals surface area contributed by atoms with E-state index in [4.69, 9.17) is 5.73 Å². The summed E-state index contributed by atoms with van der Waals surface area (Å²) in [5.41, 5.74) is 8.00. The number of nitrogens with one attached hydrogen (secondary N) is 1. The smallest absolute Gasteiger partial charge is 0.241 e. The largest absolute Gasteiger partial charge is 0.398 e. The van der Waals surface area contributed by atoms with Crippen LogP contribution in [0.3, 0.4) is 0 Å². The van der Waals surface area contributed by atoms with Gasteiger partial charge >= 0.3 is 0 Å². The Hall–Kier alpha value is -1.07. The predicted octanol–water partition coefficient (Wildman–Crippen LogP) is 3.00. The van der Waals surface area contributed by atoms with Crippen LogP contribution in [-0.2, 0) is 22.9 Å². The van der Waals surface area contributed by atoms with Crippen molar-refractivity contribution in [2.75, 3.05) is 5.73 Å². The van der Waals surface area contributed by atoms with Crippen LogP contribution in [0.2, 0.25) is 0 Å². The Morgan fingerprint density at radius 3 is 2.33 bits per heavy atom. The predicted molar refractivity (Wildman–Crippen MR) is 86.8 cm³/mol. The molecule has 0 radical (unpaired) electrons. The summed E-state index contributed by atoms with van der Waals surface area (Å²) >= 11 is 0. The zero-order valence-electron chi connectivity index (χ0n) is 13.2. The number of anilines is 1. The molecule has 1 saturated carbocycles. The average Bonchev–Trinajstić information content (AvgIpc) is 2.83. The zero-order chi connectivity index (χ0) is 15.7. The summed E-state index contributed by atoms with van der Waals surface area (Å²) in [5, 5.41) is 0. The second-order valence-corrected chi connectivity index (χ2v) is 7.89. The van der Waals surface area contributed by atoms with Crippen molar-refractivity contribution >= 4 is 15.7 Å². The first-order valence-corrected chi connectivity index (χ1v) is 9.25. The van der Waals surface area contributed by atoms with Gasteiger partial charge in [-0.2, -0.15) is 0 Å². The van der Waals surface area contributed by atoms with Crippen LogP contribution in [0.4, 0.5) is 5.69 Å². The molecule has 0 atom stereocenters. The number of rotatable bonds is 5. The molecule has 0 bridgehead atoms. The first-order chi connectivity index (χ1) is 9.81. The van der Waals surface area contributed by atoms with Crippen molar-refractivity contribution in [1.29, 1.82) is 0 Å². The standard InChI is InChI=1S/C16H26N2O2S/c1-4-12-10-14(17)13(5-2)15(11-12)21(19,20)18-16(3)8-6-7-9-16/h10-11,18H,4-9,17H2,1-3H3. The molecule has 0 amide bonds. The Balaban J connectivity index is 2.45. The van der Waals surface area contributed by atoms with Gasteiger partial charge in [0, 0.05) is 11.2 Å². The highest BCUT2D eigenvalue weighted by Crippen LogP contribution is 2.32. The monoisotopic (exact) mass is 310 g/mol. The number of nitrogens with two attached hydrogens (primary N) is 1. The first-order valence-electron chi connectivity index (χ1n) is 7.76. The highest BCUT2D eigenvalue weighted by atomic mass is 32.2. The highest BCUT2D eigenvalue weighted by Gasteiger charge is 2.34. The van der Waals surface area contributed by atoms with Crippen LogP contribution >= 0.6 is 0 Å². The first kappa shape index (κ1) is 16.3. The third kappa shape index (κ3) is 3.40. The third-order valence-electron chi connectivity index (χ3n) is 4.44. The van der Waals surface area contributed by atoms with E-state index in [0.29, 0.717) is 17.0 Å². The molecular weight excluding hydrogens is 284 g/mol. The molecule has 1 aliphatic carbocycles. The van der Waals surface area contributed by atoms with Crippen molar-refractivity contribution in [2.45, 2.75) is 69.7 Å². The molecule has 0 unspecified atom stereocenters. The van der Waals surface area contributed by atoms with Gasteiger partial charge in [-0.3, -0.25) is 0 Å². The Bertz CT molecular complexity index is 617. The Morgan fingerprint density at radius 1 is 1.19 bits per heavy atom. The van der Waals surface area contributed by atoms with Crippen molar-refractivity contribution in [1.82, 2.24) is 4.72 Å². The summed E-state index contributed by atoms with van der Waals surface area (Å²) < 4.78 is 28.6. The topological polar surface area (TPSA) is 72.2 Å². The normalized spacial score (nSPS) is 18.0. The van der Waals surface area contributed by atoms with Crippen molar-refractivity contribution in [3.63, 3.8) is 0 Å². The summed E-state index contributed by atoms with van der Waals surface area (Å²) in [4.78, 5) is 0.356. The maximum absolute atomic E-state index is 12.8. The molecule has 3 N–H and O–H groups in total. The van der Waals surface area contributed by atoms with Crippen molar-refractivity contribution < 1.29 is 8.42 Å². The SMILES string of the molecule is CCc1cc(N)c(CC)c(S(=O)(=O)NC2(C)CCCC2)c1. The van der Waals surface area contributed by atoms with E-state index >= 15 is 0 Å². The molecule has 1 aliphatic rings. The molecule has 0 spiro atoms. The van der Waals surface area contributed by atoms with E-state index in [1.54, 1.807) is 6.07 Å².